The van der Waals surface area contributed by atoms with Gasteiger partial charge in [0, 0.05) is 24.0 Å². The fraction of sp³-hybridized carbons (Fsp3) is 0.158. The van der Waals surface area contributed by atoms with E-state index in [-0.39, 0.29) is 5.91 Å². The number of nitrogens with one attached hydrogen (secondary N) is 3. The van der Waals surface area contributed by atoms with E-state index in [0.717, 1.165) is 22.6 Å². The van der Waals surface area contributed by atoms with Crippen LogP contribution in [0.25, 0.3) is 0 Å². The number of carbonyl (C=O) groups is 1. The van der Waals surface area contributed by atoms with Crippen molar-refractivity contribution >= 4 is 34.7 Å². The van der Waals surface area contributed by atoms with E-state index in [1.165, 1.54) is 12.5 Å². The quantitative estimate of drug-likeness (QED) is 0.647. The number of aromatic nitrogens is 3. The fourth-order valence-electron chi connectivity index (χ4n) is 2.41. The molecule has 3 aromatic rings. The van der Waals surface area contributed by atoms with Gasteiger partial charge in [0.25, 0.3) is 0 Å². The van der Waals surface area contributed by atoms with Gasteiger partial charge in [-0.25, -0.2) is 0 Å². The van der Waals surface area contributed by atoms with Crippen LogP contribution in [-0.4, -0.2) is 21.1 Å². The number of hydrogen-bond acceptors (Lipinski definition) is 6. The molecule has 0 aliphatic heterocycles. The summed E-state index contributed by atoms with van der Waals surface area (Å²) < 4.78 is 0. The maximum Gasteiger partial charge on any atom is 0.249 e. The molecule has 0 bridgehead atoms. The van der Waals surface area contributed by atoms with E-state index in [2.05, 4.69) is 51.0 Å². The first-order chi connectivity index (χ1) is 12.5. The minimum absolute atomic E-state index is 0.108. The van der Waals surface area contributed by atoms with Crippen molar-refractivity contribution in [3.63, 3.8) is 0 Å². The maximum atomic E-state index is 11.1. The lowest BCUT2D eigenvalue weighted by atomic mass is 10.1. The number of benzene rings is 2. The zero-order chi connectivity index (χ0) is 18.5. The van der Waals surface area contributed by atoms with Crippen LogP contribution in [0.4, 0.5) is 28.8 Å². The van der Waals surface area contributed by atoms with Gasteiger partial charge in [0.15, 0.2) is 5.82 Å². The number of hydrogen-bond donors (Lipinski definition) is 3. The molecule has 3 N–H and O–H groups in total. The lowest BCUT2D eigenvalue weighted by Gasteiger charge is -2.11. The van der Waals surface area contributed by atoms with Crippen molar-refractivity contribution in [3.8, 4) is 0 Å². The van der Waals surface area contributed by atoms with E-state index in [1.807, 2.05) is 24.3 Å². The number of amides is 1. The first-order valence-corrected chi connectivity index (χ1v) is 8.19. The highest BCUT2D eigenvalue weighted by Crippen LogP contribution is 2.22. The molecule has 0 unspecified atom stereocenters. The summed E-state index contributed by atoms with van der Waals surface area (Å²) in [5.41, 5.74) is 4.87. The van der Waals surface area contributed by atoms with E-state index >= 15 is 0 Å². The van der Waals surface area contributed by atoms with Gasteiger partial charge in [-0.05, 0) is 55.3 Å². The summed E-state index contributed by atoms with van der Waals surface area (Å²) >= 11 is 0. The van der Waals surface area contributed by atoms with Crippen LogP contribution < -0.4 is 16.0 Å². The zero-order valence-corrected chi connectivity index (χ0v) is 14.9. The van der Waals surface area contributed by atoms with Gasteiger partial charge in [0.2, 0.25) is 11.9 Å². The molecule has 1 aromatic heterocycles. The predicted octanol–water partition coefficient (Wildman–Crippen LogP) is 3.93. The van der Waals surface area contributed by atoms with Crippen molar-refractivity contribution in [2.75, 3.05) is 16.0 Å². The van der Waals surface area contributed by atoms with Gasteiger partial charge in [-0.15, -0.1) is 5.10 Å². The maximum absolute atomic E-state index is 11.1. The van der Waals surface area contributed by atoms with Gasteiger partial charge in [-0.2, -0.15) is 10.1 Å². The van der Waals surface area contributed by atoms with Crippen molar-refractivity contribution in [1.29, 1.82) is 0 Å². The van der Waals surface area contributed by atoms with Crippen LogP contribution in [0.1, 0.15) is 18.1 Å². The van der Waals surface area contributed by atoms with E-state index in [0.29, 0.717) is 11.8 Å². The van der Waals surface area contributed by atoms with Crippen LogP contribution in [0.2, 0.25) is 0 Å². The SMILES string of the molecule is CC(=O)Nc1ccc(Nc2nncc(Nc3cccc(C)c3C)n2)cc1. The Hall–Kier alpha value is -3.48. The van der Waals surface area contributed by atoms with Crippen molar-refractivity contribution in [2.45, 2.75) is 20.8 Å². The molecule has 2 aromatic carbocycles. The van der Waals surface area contributed by atoms with Gasteiger partial charge in [0.1, 0.15) is 0 Å². The molecule has 26 heavy (non-hydrogen) atoms. The molecule has 7 heteroatoms. The molecular formula is C19H20N6O. The summed E-state index contributed by atoms with van der Waals surface area (Å²) in [6, 6.07) is 13.3. The Morgan fingerprint density at radius 3 is 2.42 bits per heavy atom. The highest BCUT2D eigenvalue weighted by molar-refractivity contribution is 5.88. The van der Waals surface area contributed by atoms with Crippen LogP contribution in [0.15, 0.2) is 48.7 Å². The average Bonchev–Trinajstić information content (AvgIpc) is 2.61. The molecule has 0 aliphatic carbocycles. The second-order valence-electron chi connectivity index (χ2n) is 5.92. The summed E-state index contributed by atoms with van der Waals surface area (Å²) in [6.45, 7) is 5.60. The Labute approximate surface area is 151 Å². The molecule has 0 atom stereocenters. The Kier molecular flexibility index (Phi) is 5.07. The third-order valence-electron chi connectivity index (χ3n) is 3.89. The van der Waals surface area contributed by atoms with Crippen LogP contribution in [0, 0.1) is 13.8 Å². The molecule has 0 radical (unpaired) electrons. The molecule has 1 heterocycles. The Bertz CT molecular complexity index is 924. The van der Waals surface area contributed by atoms with E-state index < -0.39 is 0 Å². The fourth-order valence-corrected chi connectivity index (χ4v) is 2.41. The molecular weight excluding hydrogens is 328 g/mol. The first kappa shape index (κ1) is 17.3. The number of rotatable bonds is 5. The van der Waals surface area contributed by atoms with E-state index in [4.69, 9.17) is 0 Å². The van der Waals surface area contributed by atoms with Crippen molar-refractivity contribution in [1.82, 2.24) is 15.2 Å². The minimum atomic E-state index is -0.108. The summed E-state index contributed by atoms with van der Waals surface area (Å²) in [5.74, 6) is 0.877. The molecule has 0 saturated heterocycles. The largest absolute Gasteiger partial charge is 0.339 e. The lowest BCUT2D eigenvalue weighted by molar-refractivity contribution is -0.114. The smallest absolute Gasteiger partial charge is 0.249 e. The third-order valence-corrected chi connectivity index (χ3v) is 3.89. The predicted molar refractivity (Wildman–Crippen MR) is 103 cm³/mol. The topological polar surface area (TPSA) is 91.8 Å². The number of anilines is 5. The van der Waals surface area contributed by atoms with E-state index in [9.17, 15) is 4.79 Å². The Morgan fingerprint density at radius 1 is 0.962 bits per heavy atom. The summed E-state index contributed by atoms with van der Waals surface area (Å²) in [5, 5.41) is 17.1. The molecule has 0 aliphatic rings. The van der Waals surface area contributed by atoms with Crippen molar-refractivity contribution < 1.29 is 4.79 Å². The standard InChI is InChI=1S/C19H20N6O/c1-12-5-4-6-17(13(12)2)23-18-11-20-25-19(24-18)22-16-9-7-15(8-10-16)21-14(3)26/h4-11H,1-3H3,(H,21,26)(H2,22,23,24,25). The Morgan fingerprint density at radius 2 is 1.69 bits per heavy atom. The van der Waals surface area contributed by atoms with Crippen LogP contribution in [-0.2, 0) is 4.79 Å². The van der Waals surface area contributed by atoms with Crippen molar-refractivity contribution in [2.24, 2.45) is 0 Å². The molecule has 1 amide bonds. The third kappa shape index (κ3) is 4.32. The summed E-state index contributed by atoms with van der Waals surface area (Å²) in [4.78, 5) is 15.5. The van der Waals surface area contributed by atoms with Gasteiger partial charge in [-0.1, -0.05) is 12.1 Å². The second-order valence-corrected chi connectivity index (χ2v) is 5.92. The molecule has 0 saturated carbocycles. The highest BCUT2D eigenvalue weighted by atomic mass is 16.1. The van der Waals surface area contributed by atoms with Gasteiger partial charge < -0.3 is 16.0 Å². The minimum Gasteiger partial charge on any atom is -0.339 e. The first-order valence-electron chi connectivity index (χ1n) is 8.19. The monoisotopic (exact) mass is 348 g/mol. The average molecular weight is 348 g/mol. The van der Waals surface area contributed by atoms with E-state index in [1.54, 1.807) is 18.3 Å². The molecule has 0 spiro atoms. The van der Waals surface area contributed by atoms with Crippen LogP contribution in [0.5, 0.6) is 0 Å². The van der Waals surface area contributed by atoms with Gasteiger partial charge in [0.05, 0.1) is 6.20 Å². The normalized spacial score (nSPS) is 10.3. The summed E-state index contributed by atoms with van der Waals surface area (Å²) in [6.07, 6.45) is 1.58. The van der Waals surface area contributed by atoms with Gasteiger partial charge in [-0.3, -0.25) is 4.79 Å². The van der Waals surface area contributed by atoms with Crippen LogP contribution >= 0.6 is 0 Å². The van der Waals surface area contributed by atoms with Crippen molar-refractivity contribution in [3.05, 3.63) is 59.8 Å². The molecule has 0 fully saturated rings. The Balaban J connectivity index is 1.73. The lowest BCUT2D eigenvalue weighted by Crippen LogP contribution is -2.06. The summed E-state index contributed by atoms with van der Waals surface area (Å²) in [7, 11) is 0. The highest BCUT2D eigenvalue weighted by Gasteiger charge is 2.05. The molecule has 3 rings (SSSR count). The van der Waals surface area contributed by atoms with Crippen LogP contribution in [0.3, 0.4) is 0 Å². The molecule has 7 nitrogen and oxygen atoms in total. The number of carbonyl (C=O) groups excluding carboxylic acids is 1. The number of nitrogens with zero attached hydrogens (tertiary/aromatic N) is 3. The van der Waals surface area contributed by atoms with Gasteiger partial charge >= 0.3 is 0 Å². The zero-order valence-electron chi connectivity index (χ0n) is 14.9. The number of aryl methyl sites for hydroxylation is 1. The second kappa shape index (κ2) is 7.60. The molecule has 132 valence electrons.